The summed E-state index contributed by atoms with van der Waals surface area (Å²) in [5.74, 6) is 0.345. The number of hydrogen-bond donors (Lipinski definition) is 1. The number of halogens is 4. The first-order valence-corrected chi connectivity index (χ1v) is 12.2. The summed E-state index contributed by atoms with van der Waals surface area (Å²) in [5.41, 5.74) is 2.84. The van der Waals surface area contributed by atoms with Crippen LogP contribution in [0.15, 0.2) is 63.0 Å². The summed E-state index contributed by atoms with van der Waals surface area (Å²) in [7, 11) is 1.51. The molecule has 3 rings (SSSR count). The molecule has 1 amide bonds. The number of carbonyl (C=O) groups excluding carboxylic acids is 1. The first-order chi connectivity index (χ1) is 16.2. The Kier molecular flexibility index (Phi) is 9.03. The predicted octanol–water partition coefficient (Wildman–Crippen LogP) is 7.96. The topological polar surface area (TPSA) is 71.3 Å². The maximum Gasteiger partial charge on any atom is 0.266 e. The van der Waals surface area contributed by atoms with E-state index >= 15 is 0 Å². The standard InChI is InChI=1S/C25H18Br2Cl2N2O3/c1-14-5-3-4-6-20(14)31-25(32)17(12-30)10-16-11-21(33-2)24(23(27)22(16)26)34-13-15-7-8-18(28)19(29)9-15/h3-11H,13H2,1-2H3,(H,31,32)/b17-10-. The van der Waals surface area contributed by atoms with Crippen molar-refractivity contribution in [3.05, 3.63) is 89.8 Å². The van der Waals surface area contributed by atoms with Gasteiger partial charge in [-0.15, -0.1) is 0 Å². The number of benzene rings is 3. The van der Waals surface area contributed by atoms with Gasteiger partial charge in [-0.1, -0.05) is 47.5 Å². The van der Waals surface area contributed by atoms with Crippen molar-refractivity contribution < 1.29 is 14.3 Å². The second-order valence-corrected chi connectivity index (χ2v) is 9.50. The highest BCUT2D eigenvalue weighted by atomic mass is 79.9. The number of rotatable bonds is 7. The zero-order chi connectivity index (χ0) is 24.8. The highest BCUT2D eigenvalue weighted by Crippen LogP contribution is 2.44. The number of hydrogen-bond acceptors (Lipinski definition) is 4. The van der Waals surface area contributed by atoms with E-state index in [1.807, 2.05) is 37.3 Å². The monoisotopic (exact) mass is 622 g/mol. The number of carbonyl (C=O) groups is 1. The molecular formula is C25H18Br2Cl2N2O3. The third kappa shape index (κ3) is 6.13. The van der Waals surface area contributed by atoms with Gasteiger partial charge in [0.2, 0.25) is 0 Å². The molecule has 0 bridgehead atoms. The number of para-hydroxylation sites is 1. The van der Waals surface area contributed by atoms with E-state index in [1.165, 1.54) is 13.2 Å². The number of methoxy groups -OCH3 is 1. The Labute approximate surface area is 224 Å². The van der Waals surface area contributed by atoms with Gasteiger partial charge < -0.3 is 14.8 Å². The zero-order valence-electron chi connectivity index (χ0n) is 18.1. The third-order valence-corrected chi connectivity index (χ3v) is 7.68. The third-order valence-electron chi connectivity index (χ3n) is 4.80. The van der Waals surface area contributed by atoms with Crippen LogP contribution in [0.5, 0.6) is 11.5 Å². The largest absolute Gasteiger partial charge is 0.493 e. The van der Waals surface area contributed by atoms with Gasteiger partial charge in [-0.25, -0.2) is 0 Å². The second kappa shape index (κ2) is 11.8. The molecule has 1 N–H and O–H groups in total. The molecule has 3 aromatic carbocycles. The van der Waals surface area contributed by atoms with Crippen molar-refractivity contribution in [2.75, 3.05) is 12.4 Å². The zero-order valence-corrected chi connectivity index (χ0v) is 22.8. The van der Waals surface area contributed by atoms with Crippen LogP contribution in [0.4, 0.5) is 5.69 Å². The van der Waals surface area contributed by atoms with Crippen LogP contribution in [0, 0.1) is 18.3 Å². The molecule has 0 saturated carbocycles. The Balaban J connectivity index is 1.89. The number of nitriles is 1. The van der Waals surface area contributed by atoms with Gasteiger partial charge in [0.1, 0.15) is 18.2 Å². The van der Waals surface area contributed by atoms with Crippen molar-refractivity contribution in [2.45, 2.75) is 13.5 Å². The van der Waals surface area contributed by atoms with Gasteiger partial charge in [-0.05, 0) is 85.8 Å². The molecule has 0 aliphatic heterocycles. The molecule has 0 fully saturated rings. The van der Waals surface area contributed by atoms with E-state index in [4.69, 9.17) is 32.7 Å². The van der Waals surface area contributed by atoms with Crippen molar-refractivity contribution in [3.8, 4) is 17.6 Å². The lowest BCUT2D eigenvalue weighted by atomic mass is 10.1. The van der Waals surface area contributed by atoms with Gasteiger partial charge in [-0.2, -0.15) is 5.26 Å². The maximum absolute atomic E-state index is 12.7. The van der Waals surface area contributed by atoms with Gasteiger partial charge in [-0.3, -0.25) is 4.79 Å². The molecule has 34 heavy (non-hydrogen) atoms. The molecule has 0 saturated heterocycles. The summed E-state index contributed by atoms with van der Waals surface area (Å²) < 4.78 is 12.6. The summed E-state index contributed by atoms with van der Waals surface area (Å²) in [6.07, 6.45) is 1.48. The molecule has 174 valence electrons. The number of amides is 1. The van der Waals surface area contributed by atoms with Crippen LogP contribution < -0.4 is 14.8 Å². The molecule has 9 heteroatoms. The van der Waals surface area contributed by atoms with E-state index in [0.29, 0.717) is 41.7 Å². The van der Waals surface area contributed by atoms with Crippen LogP contribution in [0.2, 0.25) is 10.0 Å². The number of nitrogens with one attached hydrogen (secondary N) is 1. The van der Waals surface area contributed by atoms with Crippen molar-refractivity contribution in [3.63, 3.8) is 0 Å². The molecule has 0 aliphatic carbocycles. The Morgan fingerprint density at radius 3 is 2.50 bits per heavy atom. The summed E-state index contributed by atoms with van der Waals surface area (Å²) in [5, 5.41) is 13.3. The Morgan fingerprint density at radius 2 is 1.85 bits per heavy atom. The van der Waals surface area contributed by atoms with Gasteiger partial charge in [0.15, 0.2) is 11.5 Å². The van der Waals surface area contributed by atoms with Crippen LogP contribution >= 0.6 is 55.1 Å². The summed E-state index contributed by atoms with van der Waals surface area (Å²) in [4.78, 5) is 12.7. The summed E-state index contributed by atoms with van der Waals surface area (Å²) >= 11 is 19.1. The molecule has 0 unspecified atom stereocenters. The van der Waals surface area contributed by atoms with Crippen molar-refractivity contribution >= 4 is 72.7 Å². The average Bonchev–Trinajstić information content (AvgIpc) is 2.82. The van der Waals surface area contributed by atoms with E-state index in [-0.39, 0.29) is 12.2 Å². The highest BCUT2D eigenvalue weighted by Gasteiger charge is 2.19. The minimum atomic E-state index is -0.515. The lowest BCUT2D eigenvalue weighted by Crippen LogP contribution is -2.14. The lowest BCUT2D eigenvalue weighted by molar-refractivity contribution is -0.112. The van der Waals surface area contributed by atoms with Crippen molar-refractivity contribution in [1.82, 2.24) is 0 Å². The fourth-order valence-corrected chi connectivity index (χ4v) is 4.26. The predicted molar refractivity (Wildman–Crippen MR) is 143 cm³/mol. The molecule has 0 spiro atoms. The fraction of sp³-hybridized carbons (Fsp3) is 0.120. The van der Waals surface area contributed by atoms with Crippen molar-refractivity contribution in [2.24, 2.45) is 0 Å². The minimum absolute atomic E-state index is 0.0672. The molecule has 0 atom stereocenters. The molecular weight excluding hydrogens is 607 g/mol. The quantitative estimate of drug-likeness (QED) is 0.214. The maximum atomic E-state index is 12.7. The van der Waals surface area contributed by atoms with E-state index in [9.17, 15) is 10.1 Å². The van der Waals surface area contributed by atoms with Gasteiger partial charge in [0.05, 0.1) is 21.6 Å². The molecule has 3 aromatic rings. The Bertz CT molecular complexity index is 1320. The Hall–Kier alpha value is -2.50. The summed E-state index contributed by atoms with van der Waals surface area (Å²) in [6.45, 7) is 2.09. The molecule has 5 nitrogen and oxygen atoms in total. The Morgan fingerprint density at radius 1 is 1.12 bits per heavy atom. The van der Waals surface area contributed by atoms with Crippen LogP contribution in [0.25, 0.3) is 6.08 Å². The van der Waals surface area contributed by atoms with Crippen LogP contribution in [-0.4, -0.2) is 13.0 Å². The first-order valence-electron chi connectivity index (χ1n) is 9.86. The smallest absolute Gasteiger partial charge is 0.266 e. The number of aryl methyl sites for hydroxylation is 1. The van der Waals surface area contributed by atoms with E-state index in [2.05, 4.69) is 37.2 Å². The van der Waals surface area contributed by atoms with Gasteiger partial charge in [0.25, 0.3) is 5.91 Å². The summed E-state index contributed by atoms with van der Waals surface area (Å²) in [6, 6.07) is 16.2. The van der Waals surface area contributed by atoms with E-state index < -0.39 is 5.91 Å². The second-order valence-electron chi connectivity index (χ2n) is 7.10. The number of anilines is 1. The minimum Gasteiger partial charge on any atom is -0.493 e. The first kappa shape index (κ1) is 26.1. The van der Waals surface area contributed by atoms with Crippen LogP contribution in [0.1, 0.15) is 16.7 Å². The van der Waals surface area contributed by atoms with Crippen molar-refractivity contribution in [1.29, 1.82) is 5.26 Å². The van der Waals surface area contributed by atoms with Gasteiger partial charge >= 0.3 is 0 Å². The van der Waals surface area contributed by atoms with E-state index in [0.717, 1.165) is 11.1 Å². The number of nitrogens with zero attached hydrogens (tertiary/aromatic N) is 1. The lowest BCUT2D eigenvalue weighted by Gasteiger charge is -2.16. The van der Waals surface area contributed by atoms with E-state index in [1.54, 1.807) is 24.3 Å². The molecule has 0 radical (unpaired) electrons. The normalized spacial score (nSPS) is 11.0. The van der Waals surface area contributed by atoms with Crippen LogP contribution in [-0.2, 0) is 11.4 Å². The fourth-order valence-electron chi connectivity index (χ4n) is 2.99. The number of ether oxygens (including phenoxy) is 2. The average molecular weight is 625 g/mol. The molecule has 0 aliphatic rings. The highest BCUT2D eigenvalue weighted by molar-refractivity contribution is 9.13. The SMILES string of the molecule is COc1cc(/C=C(/C#N)C(=O)Nc2ccccc2C)c(Br)c(Br)c1OCc1ccc(Cl)c(Cl)c1. The van der Waals surface area contributed by atoms with Gasteiger partial charge in [0, 0.05) is 10.2 Å². The van der Waals surface area contributed by atoms with Crippen LogP contribution in [0.3, 0.4) is 0 Å². The molecule has 0 aromatic heterocycles. The molecule has 0 heterocycles.